The molecule has 116 valence electrons. The predicted molar refractivity (Wildman–Crippen MR) is 81.0 cm³/mol. The second-order valence-corrected chi connectivity index (χ2v) is 5.09. The monoisotopic (exact) mass is 291 g/mol. The summed E-state index contributed by atoms with van der Waals surface area (Å²) in [5.41, 5.74) is 3.10. The van der Waals surface area contributed by atoms with Crippen LogP contribution in [0.3, 0.4) is 0 Å². The van der Waals surface area contributed by atoms with Crippen LogP contribution in [0.15, 0.2) is 6.33 Å². The fourth-order valence-electron chi connectivity index (χ4n) is 2.73. The summed E-state index contributed by atoms with van der Waals surface area (Å²) in [6.45, 7) is 9.61. The SMILES string of the molecule is CCc1nn(Cc2ncnn2CC)c(CC)c1C(O)CC. The van der Waals surface area contributed by atoms with Gasteiger partial charge in [-0.1, -0.05) is 20.8 Å². The minimum atomic E-state index is -0.437. The Morgan fingerprint density at radius 2 is 1.90 bits per heavy atom. The van der Waals surface area contributed by atoms with Crippen molar-refractivity contribution in [3.05, 3.63) is 29.1 Å². The zero-order chi connectivity index (χ0) is 15.4. The Balaban J connectivity index is 2.42. The van der Waals surface area contributed by atoms with Crippen LogP contribution in [-0.4, -0.2) is 29.7 Å². The second kappa shape index (κ2) is 6.85. The highest BCUT2D eigenvalue weighted by Gasteiger charge is 2.21. The topological polar surface area (TPSA) is 68.8 Å². The molecule has 0 saturated heterocycles. The Morgan fingerprint density at radius 3 is 2.48 bits per heavy atom. The fraction of sp³-hybridized carbons (Fsp3) is 0.667. The minimum Gasteiger partial charge on any atom is -0.388 e. The average molecular weight is 291 g/mol. The molecule has 1 atom stereocenters. The number of aromatic nitrogens is 5. The zero-order valence-corrected chi connectivity index (χ0v) is 13.4. The first-order valence-corrected chi connectivity index (χ1v) is 7.79. The fourth-order valence-corrected chi connectivity index (χ4v) is 2.73. The quantitative estimate of drug-likeness (QED) is 0.848. The number of rotatable bonds is 7. The van der Waals surface area contributed by atoms with Gasteiger partial charge < -0.3 is 5.11 Å². The maximum atomic E-state index is 10.3. The number of aliphatic hydroxyl groups is 1. The van der Waals surface area contributed by atoms with E-state index in [1.165, 1.54) is 0 Å². The van der Waals surface area contributed by atoms with Gasteiger partial charge in [0.1, 0.15) is 18.7 Å². The summed E-state index contributed by atoms with van der Waals surface area (Å²) in [5, 5.41) is 19.2. The summed E-state index contributed by atoms with van der Waals surface area (Å²) in [4.78, 5) is 4.32. The van der Waals surface area contributed by atoms with Gasteiger partial charge in [-0.3, -0.25) is 4.68 Å². The van der Waals surface area contributed by atoms with Crippen LogP contribution < -0.4 is 0 Å². The van der Waals surface area contributed by atoms with Crippen molar-refractivity contribution in [3.63, 3.8) is 0 Å². The van der Waals surface area contributed by atoms with E-state index in [4.69, 9.17) is 5.10 Å². The summed E-state index contributed by atoms with van der Waals surface area (Å²) >= 11 is 0. The van der Waals surface area contributed by atoms with Gasteiger partial charge in [0.2, 0.25) is 0 Å². The molecule has 6 heteroatoms. The molecular formula is C15H25N5O. The van der Waals surface area contributed by atoms with Crippen molar-refractivity contribution < 1.29 is 5.11 Å². The highest BCUT2D eigenvalue weighted by Crippen LogP contribution is 2.26. The average Bonchev–Trinajstić information content (AvgIpc) is 3.10. The lowest BCUT2D eigenvalue weighted by atomic mass is 10.0. The van der Waals surface area contributed by atoms with Crippen LogP contribution >= 0.6 is 0 Å². The van der Waals surface area contributed by atoms with Crippen molar-refractivity contribution in [2.45, 2.75) is 66.2 Å². The van der Waals surface area contributed by atoms with Crippen molar-refractivity contribution >= 4 is 0 Å². The molecule has 21 heavy (non-hydrogen) atoms. The van der Waals surface area contributed by atoms with E-state index in [1.54, 1.807) is 6.33 Å². The lowest BCUT2D eigenvalue weighted by Crippen LogP contribution is -2.13. The van der Waals surface area contributed by atoms with Crippen molar-refractivity contribution in [1.82, 2.24) is 24.5 Å². The van der Waals surface area contributed by atoms with Crippen molar-refractivity contribution in [2.24, 2.45) is 0 Å². The van der Waals surface area contributed by atoms with E-state index in [0.29, 0.717) is 13.0 Å². The summed E-state index contributed by atoms with van der Waals surface area (Å²) in [7, 11) is 0. The lowest BCUT2D eigenvalue weighted by Gasteiger charge is -2.11. The molecule has 0 aromatic carbocycles. The van der Waals surface area contributed by atoms with E-state index >= 15 is 0 Å². The number of nitrogens with zero attached hydrogens (tertiary/aromatic N) is 5. The van der Waals surface area contributed by atoms with Gasteiger partial charge in [-0.05, 0) is 26.2 Å². The molecule has 0 fully saturated rings. The molecule has 1 unspecified atom stereocenters. The normalized spacial score (nSPS) is 12.8. The highest BCUT2D eigenvalue weighted by molar-refractivity contribution is 5.29. The number of hydrogen-bond acceptors (Lipinski definition) is 4. The number of aryl methyl sites for hydroxylation is 2. The lowest BCUT2D eigenvalue weighted by molar-refractivity contribution is 0.171. The van der Waals surface area contributed by atoms with Crippen LogP contribution in [-0.2, 0) is 25.9 Å². The molecule has 0 spiro atoms. The second-order valence-electron chi connectivity index (χ2n) is 5.09. The Bertz CT molecular complexity index is 587. The van der Waals surface area contributed by atoms with Crippen LogP contribution in [0, 0.1) is 0 Å². The van der Waals surface area contributed by atoms with E-state index in [1.807, 2.05) is 23.2 Å². The van der Waals surface area contributed by atoms with Gasteiger partial charge in [0.15, 0.2) is 0 Å². The third-order valence-corrected chi connectivity index (χ3v) is 3.85. The maximum absolute atomic E-state index is 10.3. The summed E-state index contributed by atoms with van der Waals surface area (Å²) in [5.74, 6) is 0.898. The molecule has 0 amide bonds. The Kier molecular flexibility index (Phi) is 5.12. The van der Waals surface area contributed by atoms with E-state index in [9.17, 15) is 5.11 Å². The Hall–Kier alpha value is -1.69. The first-order valence-electron chi connectivity index (χ1n) is 7.79. The van der Waals surface area contributed by atoms with Crippen LogP contribution in [0.4, 0.5) is 0 Å². The van der Waals surface area contributed by atoms with Gasteiger partial charge in [-0.15, -0.1) is 0 Å². The molecule has 0 radical (unpaired) electrons. The molecule has 0 aliphatic rings. The van der Waals surface area contributed by atoms with Gasteiger partial charge in [0.05, 0.1) is 11.8 Å². The molecule has 0 aliphatic carbocycles. The smallest absolute Gasteiger partial charge is 0.148 e. The molecule has 1 N–H and O–H groups in total. The third kappa shape index (κ3) is 3.00. The largest absolute Gasteiger partial charge is 0.388 e. The van der Waals surface area contributed by atoms with Crippen LogP contribution in [0.1, 0.15) is 63.0 Å². The van der Waals surface area contributed by atoms with Gasteiger partial charge in [-0.25, -0.2) is 9.67 Å². The molecule has 2 aromatic rings. The van der Waals surface area contributed by atoms with Crippen LogP contribution in [0.5, 0.6) is 0 Å². The molecule has 6 nitrogen and oxygen atoms in total. The zero-order valence-electron chi connectivity index (χ0n) is 13.4. The summed E-state index contributed by atoms with van der Waals surface area (Å²) in [6.07, 6.45) is 3.52. The highest BCUT2D eigenvalue weighted by atomic mass is 16.3. The van der Waals surface area contributed by atoms with Crippen molar-refractivity contribution in [1.29, 1.82) is 0 Å². The molecule has 2 heterocycles. The third-order valence-electron chi connectivity index (χ3n) is 3.85. The van der Waals surface area contributed by atoms with E-state index in [2.05, 4.69) is 23.9 Å². The standard InChI is InChI=1S/C15H25N5O/c1-5-11-15(13(21)7-3)12(6-2)20(18-11)9-14-16-10-17-19(14)8-4/h10,13,21H,5-9H2,1-4H3. The predicted octanol–water partition coefficient (Wildman–Crippen LogP) is 2.11. The molecular weight excluding hydrogens is 266 g/mol. The molecule has 0 aliphatic heterocycles. The van der Waals surface area contributed by atoms with Crippen molar-refractivity contribution in [2.75, 3.05) is 0 Å². The van der Waals surface area contributed by atoms with Crippen LogP contribution in [0.2, 0.25) is 0 Å². The van der Waals surface area contributed by atoms with Gasteiger partial charge >= 0.3 is 0 Å². The summed E-state index contributed by atoms with van der Waals surface area (Å²) < 4.78 is 3.85. The van der Waals surface area contributed by atoms with Gasteiger partial charge in [0, 0.05) is 17.8 Å². The van der Waals surface area contributed by atoms with E-state index < -0.39 is 6.10 Å². The Morgan fingerprint density at radius 1 is 1.14 bits per heavy atom. The minimum absolute atomic E-state index is 0.437. The van der Waals surface area contributed by atoms with Crippen LogP contribution in [0.25, 0.3) is 0 Å². The number of aliphatic hydroxyl groups excluding tert-OH is 1. The number of hydrogen-bond donors (Lipinski definition) is 1. The van der Waals surface area contributed by atoms with Gasteiger partial charge in [0.25, 0.3) is 0 Å². The Labute approximate surface area is 125 Å². The first-order chi connectivity index (χ1) is 10.2. The maximum Gasteiger partial charge on any atom is 0.148 e. The van der Waals surface area contributed by atoms with E-state index in [0.717, 1.165) is 42.2 Å². The molecule has 2 rings (SSSR count). The van der Waals surface area contributed by atoms with E-state index in [-0.39, 0.29) is 0 Å². The molecule has 0 bridgehead atoms. The molecule has 2 aromatic heterocycles. The van der Waals surface area contributed by atoms with Gasteiger partial charge in [-0.2, -0.15) is 10.2 Å². The first kappa shape index (κ1) is 15.7. The molecule has 0 saturated carbocycles. The summed E-state index contributed by atoms with van der Waals surface area (Å²) in [6, 6.07) is 0. The van der Waals surface area contributed by atoms with Crippen molar-refractivity contribution in [3.8, 4) is 0 Å².